The first-order valence-electron chi connectivity index (χ1n) is 11.3. The Morgan fingerprint density at radius 3 is 2.58 bits per heavy atom. The Balaban J connectivity index is 1.52. The van der Waals surface area contributed by atoms with Gasteiger partial charge in [0.25, 0.3) is 0 Å². The van der Waals surface area contributed by atoms with E-state index >= 15 is 0 Å². The molecule has 2 saturated heterocycles. The van der Waals surface area contributed by atoms with E-state index in [9.17, 15) is 8.42 Å². The highest BCUT2D eigenvalue weighted by Gasteiger charge is 2.49. The number of hydrogen-bond acceptors (Lipinski definition) is 5. The van der Waals surface area contributed by atoms with Crippen molar-refractivity contribution in [1.82, 2.24) is 9.88 Å². The summed E-state index contributed by atoms with van der Waals surface area (Å²) in [4.78, 5) is 7.60. The molecule has 2 fully saturated rings. The molecule has 2 aliphatic heterocycles. The van der Waals surface area contributed by atoms with E-state index in [0.717, 1.165) is 57.5 Å². The number of rotatable bonds is 7. The molecule has 0 amide bonds. The molecule has 0 spiro atoms. The van der Waals surface area contributed by atoms with Crippen LogP contribution >= 0.6 is 0 Å². The van der Waals surface area contributed by atoms with Crippen molar-refractivity contribution in [2.75, 3.05) is 26.0 Å². The lowest BCUT2D eigenvalue weighted by atomic mass is 9.75. The Labute approximate surface area is 186 Å². The van der Waals surface area contributed by atoms with Gasteiger partial charge < -0.3 is 4.74 Å². The fraction of sp³-hybridized carbons (Fsp3) is 0.560. The van der Waals surface area contributed by atoms with E-state index in [1.54, 1.807) is 12.1 Å². The van der Waals surface area contributed by atoms with E-state index in [-0.39, 0.29) is 11.0 Å². The van der Waals surface area contributed by atoms with Crippen LogP contribution in [0.5, 0.6) is 0 Å². The number of likely N-dealkylation sites (tertiary alicyclic amines) is 1. The van der Waals surface area contributed by atoms with Crippen LogP contribution in [-0.4, -0.2) is 50.4 Å². The van der Waals surface area contributed by atoms with Gasteiger partial charge in [-0.2, -0.15) is 0 Å². The average molecular weight is 443 g/mol. The summed E-state index contributed by atoms with van der Waals surface area (Å²) >= 11 is 0. The lowest BCUT2D eigenvalue weighted by Gasteiger charge is -2.39. The van der Waals surface area contributed by atoms with Crippen LogP contribution < -0.4 is 0 Å². The summed E-state index contributed by atoms with van der Waals surface area (Å²) in [5.74, 6) is 0. The molecule has 0 radical (unpaired) electrons. The maximum Gasteiger partial charge on any atom is 0.175 e. The summed E-state index contributed by atoms with van der Waals surface area (Å²) in [5.41, 5.74) is 2.29. The van der Waals surface area contributed by atoms with Gasteiger partial charge >= 0.3 is 0 Å². The summed E-state index contributed by atoms with van der Waals surface area (Å²) in [7, 11) is -3.16. The summed E-state index contributed by atoms with van der Waals surface area (Å²) in [6, 6.07) is 13.5. The van der Waals surface area contributed by atoms with E-state index in [4.69, 9.17) is 4.74 Å². The molecule has 0 saturated carbocycles. The minimum absolute atomic E-state index is 0.123. The van der Waals surface area contributed by atoms with Crippen LogP contribution in [0, 0.1) is 5.41 Å². The molecular formula is C25H34N2O3S. The zero-order valence-corrected chi connectivity index (χ0v) is 19.7. The predicted molar refractivity (Wildman–Crippen MR) is 123 cm³/mol. The maximum absolute atomic E-state index is 11.8. The standard InChI is InChI=1S/C25H34N2O3S/c1-24(2,22-7-4-5-16-26-22)27-17-15-25(19-27,23-8-6-18-30-23)14-13-20-9-11-21(12-10-20)31(3,28)29/h4-5,7,9-12,16,23H,6,8,13-15,17-19H2,1-3H3/t23?,25-/m1/s1. The van der Waals surface area contributed by atoms with Crippen LogP contribution in [0.2, 0.25) is 0 Å². The molecular weight excluding hydrogens is 408 g/mol. The first kappa shape index (κ1) is 22.4. The number of pyridine rings is 1. The van der Waals surface area contributed by atoms with Crippen molar-refractivity contribution in [2.45, 2.75) is 62.5 Å². The fourth-order valence-electron chi connectivity index (χ4n) is 5.24. The van der Waals surface area contributed by atoms with Crippen molar-refractivity contribution < 1.29 is 13.2 Å². The monoisotopic (exact) mass is 442 g/mol. The van der Waals surface area contributed by atoms with Crippen LogP contribution in [0.3, 0.4) is 0 Å². The van der Waals surface area contributed by atoms with Gasteiger partial charge in [0, 0.05) is 31.0 Å². The lowest BCUT2D eigenvalue weighted by Crippen LogP contribution is -2.44. The van der Waals surface area contributed by atoms with Crippen molar-refractivity contribution >= 4 is 9.84 Å². The zero-order valence-electron chi connectivity index (χ0n) is 18.9. The number of benzene rings is 1. The molecule has 3 heterocycles. The number of hydrogen-bond donors (Lipinski definition) is 0. The van der Waals surface area contributed by atoms with Crippen molar-refractivity contribution in [3.8, 4) is 0 Å². The highest BCUT2D eigenvalue weighted by Crippen LogP contribution is 2.46. The molecule has 2 aliphatic rings. The zero-order chi connectivity index (χ0) is 22.1. The van der Waals surface area contributed by atoms with Crippen LogP contribution in [0.1, 0.15) is 50.8 Å². The first-order valence-corrected chi connectivity index (χ1v) is 13.2. The second kappa shape index (κ2) is 8.64. The Kier molecular flexibility index (Phi) is 6.25. The molecule has 31 heavy (non-hydrogen) atoms. The Morgan fingerprint density at radius 2 is 1.97 bits per heavy atom. The molecule has 0 aliphatic carbocycles. The minimum atomic E-state index is -3.16. The van der Waals surface area contributed by atoms with Crippen molar-refractivity contribution in [2.24, 2.45) is 5.41 Å². The third-order valence-electron chi connectivity index (χ3n) is 7.34. The topological polar surface area (TPSA) is 59.5 Å². The number of sulfone groups is 1. The summed E-state index contributed by atoms with van der Waals surface area (Å²) in [6.45, 7) is 7.44. The molecule has 1 aromatic carbocycles. The van der Waals surface area contributed by atoms with Gasteiger partial charge in [-0.1, -0.05) is 18.2 Å². The molecule has 2 aromatic rings. The van der Waals surface area contributed by atoms with Gasteiger partial charge in [-0.05, 0) is 82.3 Å². The van der Waals surface area contributed by atoms with E-state index in [1.165, 1.54) is 11.8 Å². The molecule has 5 nitrogen and oxygen atoms in total. The Morgan fingerprint density at radius 1 is 1.19 bits per heavy atom. The molecule has 6 heteroatoms. The molecule has 0 N–H and O–H groups in total. The second-order valence-corrected chi connectivity index (χ2v) is 11.7. The Hall–Kier alpha value is -1.76. The van der Waals surface area contributed by atoms with Crippen LogP contribution in [0.25, 0.3) is 0 Å². The van der Waals surface area contributed by atoms with Crippen molar-refractivity contribution in [3.05, 3.63) is 59.9 Å². The van der Waals surface area contributed by atoms with E-state index in [1.807, 2.05) is 24.4 Å². The third-order valence-corrected chi connectivity index (χ3v) is 8.47. The van der Waals surface area contributed by atoms with Crippen LogP contribution in [0.4, 0.5) is 0 Å². The maximum atomic E-state index is 11.8. The normalized spacial score (nSPS) is 25.2. The molecule has 0 bridgehead atoms. The quantitative estimate of drug-likeness (QED) is 0.642. The molecule has 1 unspecified atom stereocenters. The van der Waals surface area contributed by atoms with Crippen LogP contribution in [-0.2, 0) is 26.5 Å². The van der Waals surface area contributed by atoms with E-state index in [0.29, 0.717) is 11.0 Å². The highest BCUT2D eigenvalue weighted by molar-refractivity contribution is 7.90. The van der Waals surface area contributed by atoms with Crippen molar-refractivity contribution in [3.63, 3.8) is 0 Å². The minimum Gasteiger partial charge on any atom is -0.378 e. The molecule has 2 atom stereocenters. The summed E-state index contributed by atoms with van der Waals surface area (Å²) in [5, 5.41) is 0. The highest BCUT2D eigenvalue weighted by atomic mass is 32.2. The fourth-order valence-corrected chi connectivity index (χ4v) is 5.88. The first-order chi connectivity index (χ1) is 14.7. The molecule has 168 valence electrons. The number of ether oxygens (including phenoxy) is 1. The van der Waals surface area contributed by atoms with Gasteiger partial charge in [0.2, 0.25) is 0 Å². The number of aromatic nitrogens is 1. The van der Waals surface area contributed by atoms with E-state index < -0.39 is 9.84 Å². The largest absolute Gasteiger partial charge is 0.378 e. The Bertz CT molecular complexity index is 983. The lowest BCUT2D eigenvalue weighted by molar-refractivity contribution is -0.00860. The SMILES string of the molecule is CC(C)(c1ccccn1)N1CC[C@@](CCc2ccc(S(C)(=O)=O)cc2)(C2CCCO2)C1. The van der Waals surface area contributed by atoms with Gasteiger partial charge in [-0.3, -0.25) is 9.88 Å². The van der Waals surface area contributed by atoms with Crippen molar-refractivity contribution in [1.29, 1.82) is 0 Å². The predicted octanol–water partition coefficient (Wildman–Crippen LogP) is 4.22. The smallest absolute Gasteiger partial charge is 0.175 e. The average Bonchev–Trinajstić information content (AvgIpc) is 3.44. The summed E-state index contributed by atoms with van der Waals surface area (Å²) in [6.07, 6.45) is 8.80. The van der Waals surface area contributed by atoms with Gasteiger partial charge in [0.05, 0.1) is 22.2 Å². The van der Waals surface area contributed by atoms with Gasteiger partial charge in [-0.25, -0.2) is 8.42 Å². The van der Waals surface area contributed by atoms with Gasteiger partial charge in [-0.15, -0.1) is 0 Å². The molecule has 4 rings (SSSR count). The third kappa shape index (κ3) is 4.71. The number of aryl methyl sites for hydroxylation is 1. The molecule has 1 aromatic heterocycles. The second-order valence-electron chi connectivity index (χ2n) is 9.73. The van der Waals surface area contributed by atoms with Crippen LogP contribution in [0.15, 0.2) is 53.6 Å². The number of nitrogens with zero attached hydrogens (tertiary/aromatic N) is 2. The van der Waals surface area contributed by atoms with Gasteiger partial charge in [0.1, 0.15) is 0 Å². The summed E-state index contributed by atoms with van der Waals surface area (Å²) < 4.78 is 29.7. The van der Waals surface area contributed by atoms with E-state index in [2.05, 4.69) is 35.9 Å². The van der Waals surface area contributed by atoms with Gasteiger partial charge in [0.15, 0.2) is 9.84 Å².